The molecule has 1 fully saturated rings. The van der Waals surface area contributed by atoms with Crippen LogP contribution in [0.3, 0.4) is 0 Å². The van der Waals surface area contributed by atoms with Gasteiger partial charge in [-0.2, -0.15) is 0 Å². The summed E-state index contributed by atoms with van der Waals surface area (Å²) in [4.78, 5) is 50.4. The molecule has 1 saturated heterocycles. The second-order valence-electron chi connectivity index (χ2n) is 8.31. The molecule has 0 saturated carbocycles. The Labute approximate surface area is 202 Å². The Hall–Kier alpha value is -4.05. The second kappa shape index (κ2) is 10.5. The van der Waals surface area contributed by atoms with Crippen molar-refractivity contribution in [3.8, 4) is 0 Å². The van der Waals surface area contributed by atoms with Crippen molar-refractivity contribution >= 4 is 23.7 Å². The largest absolute Gasteiger partial charge is 0.481 e. The number of hydrogen-bond acceptors (Lipinski definition) is 8. The molecule has 0 radical (unpaired) electrons. The third kappa shape index (κ3) is 4.92. The van der Waals surface area contributed by atoms with Gasteiger partial charge in [0.15, 0.2) is 11.6 Å². The van der Waals surface area contributed by atoms with Gasteiger partial charge in [0.1, 0.15) is 5.54 Å². The van der Waals surface area contributed by atoms with Gasteiger partial charge in [0, 0.05) is 32.0 Å². The van der Waals surface area contributed by atoms with E-state index < -0.39 is 29.3 Å². The monoisotopic (exact) mass is 478 g/mol. The summed E-state index contributed by atoms with van der Waals surface area (Å²) < 4.78 is 10.5. The summed E-state index contributed by atoms with van der Waals surface area (Å²) in [5.74, 6) is -2.52. The lowest BCUT2D eigenvalue weighted by Crippen LogP contribution is -2.63. The van der Waals surface area contributed by atoms with Crippen LogP contribution in [0.1, 0.15) is 34.9 Å². The standard InChI is InChI=1S/C25H26N4O6/c1-34-24(33)25(29(21-16-26-11-12-27-21)22(30)20-8-5-15-35-20)9-13-28(14-10-25)17-19(23(31)32)18-6-3-2-4-7-18/h2-8,11-12,15-16,19H,9-10,13-14,17H2,1H3,(H,31,32). The van der Waals surface area contributed by atoms with Crippen LogP contribution in [-0.4, -0.2) is 70.1 Å². The number of ether oxygens (including phenoxy) is 1. The number of rotatable bonds is 8. The van der Waals surface area contributed by atoms with E-state index in [9.17, 15) is 19.5 Å². The van der Waals surface area contributed by atoms with Crippen molar-refractivity contribution in [1.29, 1.82) is 0 Å². The Morgan fingerprint density at radius 3 is 2.46 bits per heavy atom. The zero-order valence-electron chi connectivity index (χ0n) is 19.2. The van der Waals surface area contributed by atoms with Crippen LogP contribution in [0.25, 0.3) is 0 Å². The van der Waals surface area contributed by atoms with E-state index in [1.807, 2.05) is 23.1 Å². The van der Waals surface area contributed by atoms with Gasteiger partial charge in [0.05, 0.1) is 25.5 Å². The molecule has 1 aliphatic rings. The Morgan fingerprint density at radius 1 is 1.14 bits per heavy atom. The van der Waals surface area contributed by atoms with E-state index in [4.69, 9.17) is 9.15 Å². The van der Waals surface area contributed by atoms with Gasteiger partial charge in [0.25, 0.3) is 5.91 Å². The van der Waals surface area contributed by atoms with E-state index in [0.717, 1.165) is 0 Å². The van der Waals surface area contributed by atoms with E-state index in [0.29, 0.717) is 18.7 Å². The number of methoxy groups -OCH3 is 1. The molecular weight excluding hydrogens is 452 g/mol. The van der Waals surface area contributed by atoms with Crippen LogP contribution in [0, 0.1) is 0 Å². The number of carbonyl (C=O) groups excluding carboxylic acids is 2. The highest BCUT2D eigenvalue weighted by atomic mass is 16.5. The second-order valence-corrected chi connectivity index (χ2v) is 8.31. The fourth-order valence-corrected chi connectivity index (χ4v) is 4.52. The van der Waals surface area contributed by atoms with Gasteiger partial charge < -0.3 is 19.2 Å². The summed E-state index contributed by atoms with van der Waals surface area (Å²) in [6.07, 6.45) is 6.13. The Morgan fingerprint density at radius 2 is 1.89 bits per heavy atom. The van der Waals surface area contributed by atoms with Crippen LogP contribution >= 0.6 is 0 Å². The Balaban J connectivity index is 1.63. The SMILES string of the molecule is COC(=O)C1(N(C(=O)c2ccco2)c2cnccn2)CCN(CC(C(=O)O)c2ccccc2)CC1. The smallest absolute Gasteiger partial charge is 0.332 e. The van der Waals surface area contributed by atoms with Crippen molar-refractivity contribution in [3.05, 3.63) is 78.6 Å². The summed E-state index contributed by atoms with van der Waals surface area (Å²) in [6.45, 7) is 1.01. The first kappa shape index (κ1) is 24.1. The average molecular weight is 479 g/mol. The number of carboxylic acid groups (broad SMARTS) is 1. The number of amides is 1. The van der Waals surface area contributed by atoms with Crippen LogP contribution in [0.2, 0.25) is 0 Å². The molecule has 3 heterocycles. The maximum Gasteiger partial charge on any atom is 0.332 e. The molecule has 0 aliphatic carbocycles. The highest BCUT2D eigenvalue weighted by Crippen LogP contribution is 2.35. The van der Waals surface area contributed by atoms with E-state index >= 15 is 0 Å². The number of anilines is 1. The predicted molar refractivity (Wildman–Crippen MR) is 125 cm³/mol. The van der Waals surface area contributed by atoms with Gasteiger partial charge >= 0.3 is 11.9 Å². The van der Waals surface area contributed by atoms with Crippen LogP contribution in [0.4, 0.5) is 5.82 Å². The van der Waals surface area contributed by atoms with E-state index in [-0.39, 0.29) is 31.0 Å². The molecule has 0 bridgehead atoms. The number of furan rings is 1. The molecule has 1 atom stereocenters. The molecule has 182 valence electrons. The molecule has 1 unspecified atom stereocenters. The molecule has 4 rings (SSSR count). The first-order chi connectivity index (χ1) is 17.0. The highest BCUT2D eigenvalue weighted by molar-refractivity contribution is 6.08. The maximum absolute atomic E-state index is 13.5. The third-order valence-electron chi connectivity index (χ3n) is 6.33. The van der Waals surface area contributed by atoms with Gasteiger partial charge in [-0.15, -0.1) is 0 Å². The number of aromatic nitrogens is 2. The van der Waals surface area contributed by atoms with Crippen LogP contribution in [-0.2, 0) is 14.3 Å². The molecule has 10 nitrogen and oxygen atoms in total. The molecule has 10 heteroatoms. The zero-order chi connectivity index (χ0) is 24.8. The van der Waals surface area contributed by atoms with Crippen molar-refractivity contribution in [1.82, 2.24) is 14.9 Å². The minimum Gasteiger partial charge on any atom is -0.481 e. The summed E-state index contributed by atoms with van der Waals surface area (Å²) in [5.41, 5.74) is -0.657. The Bertz CT molecular complexity index is 1150. The van der Waals surface area contributed by atoms with Crippen LogP contribution in [0.5, 0.6) is 0 Å². The van der Waals surface area contributed by atoms with Crippen molar-refractivity contribution in [2.45, 2.75) is 24.3 Å². The van der Waals surface area contributed by atoms with Crippen molar-refractivity contribution in [2.24, 2.45) is 0 Å². The summed E-state index contributed by atoms with van der Waals surface area (Å²) in [7, 11) is 1.28. The third-order valence-corrected chi connectivity index (χ3v) is 6.33. The van der Waals surface area contributed by atoms with Gasteiger partial charge in [0.2, 0.25) is 0 Å². The number of piperidine rings is 1. The number of carbonyl (C=O) groups is 3. The molecule has 1 aliphatic heterocycles. The first-order valence-corrected chi connectivity index (χ1v) is 11.2. The van der Waals surface area contributed by atoms with Gasteiger partial charge in [-0.25, -0.2) is 9.78 Å². The number of esters is 1. The number of likely N-dealkylation sites (tertiary alicyclic amines) is 1. The lowest BCUT2D eigenvalue weighted by Gasteiger charge is -2.45. The number of benzene rings is 1. The average Bonchev–Trinajstić information content (AvgIpc) is 3.44. The molecule has 35 heavy (non-hydrogen) atoms. The number of carboxylic acids is 1. The number of hydrogen-bond donors (Lipinski definition) is 1. The first-order valence-electron chi connectivity index (χ1n) is 11.2. The highest BCUT2D eigenvalue weighted by Gasteiger charge is 2.51. The van der Waals surface area contributed by atoms with Crippen LogP contribution < -0.4 is 4.90 Å². The predicted octanol–water partition coefficient (Wildman–Crippen LogP) is 2.59. The summed E-state index contributed by atoms with van der Waals surface area (Å²) >= 11 is 0. The normalized spacial score (nSPS) is 16.3. The minimum absolute atomic E-state index is 0.0522. The van der Waals surface area contributed by atoms with Crippen molar-refractivity contribution in [2.75, 3.05) is 31.6 Å². The lowest BCUT2D eigenvalue weighted by atomic mass is 9.84. The fraction of sp³-hybridized carbons (Fsp3) is 0.320. The fourth-order valence-electron chi connectivity index (χ4n) is 4.52. The molecule has 2 aromatic heterocycles. The zero-order valence-corrected chi connectivity index (χ0v) is 19.2. The van der Waals surface area contributed by atoms with Gasteiger partial charge in [-0.3, -0.25) is 19.5 Å². The molecular formula is C25H26N4O6. The summed E-state index contributed by atoms with van der Waals surface area (Å²) in [6, 6.07) is 12.1. The topological polar surface area (TPSA) is 126 Å². The lowest BCUT2D eigenvalue weighted by molar-refractivity contribution is -0.149. The molecule has 1 aromatic carbocycles. The minimum atomic E-state index is -1.36. The van der Waals surface area contributed by atoms with Gasteiger partial charge in [-0.05, 0) is 30.5 Å². The number of aliphatic carboxylic acids is 1. The van der Waals surface area contributed by atoms with E-state index in [1.165, 1.54) is 42.9 Å². The van der Waals surface area contributed by atoms with E-state index in [1.54, 1.807) is 18.2 Å². The van der Waals surface area contributed by atoms with Gasteiger partial charge in [-0.1, -0.05) is 30.3 Å². The molecule has 1 amide bonds. The molecule has 0 spiro atoms. The van der Waals surface area contributed by atoms with E-state index in [2.05, 4.69) is 9.97 Å². The maximum atomic E-state index is 13.5. The Kier molecular flexibility index (Phi) is 7.21. The number of nitrogens with zero attached hydrogens (tertiary/aromatic N) is 4. The van der Waals surface area contributed by atoms with Crippen molar-refractivity contribution < 1.29 is 28.6 Å². The summed E-state index contributed by atoms with van der Waals surface area (Å²) in [5, 5.41) is 9.82. The quantitative estimate of drug-likeness (QED) is 0.486. The molecule has 3 aromatic rings. The van der Waals surface area contributed by atoms with Crippen LogP contribution in [0.15, 0.2) is 71.7 Å². The van der Waals surface area contributed by atoms with Crippen molar-refractivity contribution in [3.63, 3.8) is 0 Å². The molecule has 1 N–H and O–H groups in total.